The normalized spacial score (nSPS) is 15.2. The lowest BCUT2D eigenvalue weighted by molar-refractivity contribution is 0.813. The Hall–Kier alpha value is -1.84. The highest BCUT2D eigenvalue weighted by atomic mass is 15.1. The van der Waals surface area contributed by atoms with E-state index >= 15 is 0 Å². The van der Waals surface area contributed by atoms with Gasteiger partial charge in [-0.05, 0) is 19.1 Å². The lowest BCUT2D eigenvalue weighted by atomic mass is 10.3. The fourth-order valence-corrected chi connectivity index (χ4v) is 2.10. The van der Waals surface area contributed by atoms with E-state index in [1.807, 2.05) is 25.1 Å². The number of benzene rings is 1. The predicted molar refractivity (Wildman–Crippen MR) is 64.8 cm³/mol. The monoisotopic (exact) mass is 214 g/mol. The van der Waals surface area contributed by atoms with Gasteiger partial charge in [0.2, 0.25) is 0 Å². The molecule has 0 amide bonds. The van der Waals surface area contributed by atoms with Crippen LogP contribution in [0, 0.1) is 6.92 Å². The van der Waals surface area contributed by atoms with Gasteiger partial charge >= 0.3 is 0 Å². The van der Waals surface area contributed by atoms with Gasteiger partial charge in [0, 0.05) is 6.54 Å². The number of amidine groups is 1. The van der Waals surface area contributed by atoms with Crippen LogP contribution in [0.2, 0.25) is 0 Å². The van der Waals surface area contributed by atoms with Gasteiger partial charge in [-0.25, -0.2) is 4.98 Å². The van der Waals surface area contributed by atoms with Crippen molar-refractivity contribution in [2.45, 2.75) is 13.5 Å². The summed E-state index contributed by atoms with van der Waals surface area (Å²) in [6.45, 7) is 4.68. The smallest absolute Gasteiger partial charge is 0.117 e. The van der Waals surface area contributed by atoms with Gasteiger partial charge in [-0.3, -0.25) is 4.99 Å². The zero-order valence-electron chi connectivity index (χ0n) is 9.27. The molecule has 3 rings (SSSR count). The minimum atomic E-state index is 0.798. The first-order valence-corrected chi connectivity index (χ1v) is 5.53. The molecule has 1 aliphatic heterocycles. The topological polar surface area (TPSA) is 42.2 Å². The summed E-state index contributed by atoms with van der Waals surface area (Å²) in [7, 11) is 0. The molecular weight excluding hydrogens is 200 g/mol. The number of aromatic nitrogens is 2. The highest BCUT2D eigenvalue weighted by Crippen LogP contribution is 2.15. The molecule has 1 aromatic heterocycles. The first-order chi connectivity index (χ1) is 7.84. The SMILES string of the molecule is Cc1nc2ccccc2n1CC1=NCCN1. The van der Waals surface area contributed by atoms with Gasteiger partial charge in [0.05, 0.1) is 24.1 Å². The Morgan fingerprint density at radius 2 is 2.25 bits per heavy atom. The van der Waals surface area contributed by atoms with E-state index in [0.717, 1.165) is 36.8 Å². The zero-order valence-corrected chi connectivity index (χ0v) is 9.27. The van der Waals surface area contributed by atoms with Crippen LogP contribution in [0.3, 0.4) is 0 Å². The minimum absolute atomic E-state index is 0.798. The van der Waals surface area contributed by atoms with Crippen LogP contribution < -0.4 is 5.32 Å². The van der Waals surface area contributed by atoms with Crippen LogP contribution in [-0.2, 0) is 6.54 Å². The third-order valence-corrected chi connectivity index (χ3v) is 2.90. The van der Waals surface area contributed by atoms with Crippen LogP contribution in [-0.4, -0.2) is 28.5 Å². The van der Waals surface area contributed by atoms with Gasteiger partial charge in [-0.1, -0.05) is 12.1 Å². The van der Waals surface area contributed by atoms with Gasteiger partial charge in [0.15, 0.2) is 0 Å². The summed E-state index contributed by atoms with van der Waals surface area (Å²) >= 11 is 0. The van der Waals surface area contributed by atoms with Gasteiger partial charge in [-0.15, -0.1) is 0 Å². The molecule has 0 bridgehead atoms. The standard InChI is InChI=1S/C12H14N4/c1-9-15-10-4-2-3-5-11(10)16(9)8-12-13-6-7-14-12/h2-5H,6-8H2,1H3,(H,13,14). The van der Waals surface area contributed by atoms with Gasteiger partial charge in [0.25, 0.3) is 0 Å². The van der Waals surface area contributed by atoms with Crippen LogP contribution in [0.4, 0.5) is 0 Å². The van der Waals surface area contributed by atoms with Crippen molar-refractivity contribution in [3.63, 3.8) is 0 Å². The minimum Gasteiger partial charge on any atom is -0.370 e. The number of hydrogen-bond acceptors (Lipinski definition) is 3. The second kappa shape index (κ2) is 3.63. The van der Waals surface area contributed by atoms with E-state index in [1.165, 1.54) is 5.52 Å². The molecule has 2 aromatic rings. The zero-order chi connectivity index (χ0) is 11.0. The van der Waals surface area contributed by atoms with Crippen LogP contribution >= 0.6 is 0 Å². The van der Waals surface area contributed by atoms with Crippen molar-refractivity contribution in [2.24, 2.45) is 4.99 Å². The summed E-state index contributed by atoms with van der Waals surface area (Å²) in [6, 6.07) is 8.21. The van der Waals surface area contributed by atoms with Crippen molar-refractivity contribution < 1.29 is 0 Å². The number of rotatable bonds is 2. The van der Waals surface area contributed by atoms with Crippen molar-refractivity contribution in [1.29, 1.82) is 0 Å². The summed E-state index contributed by atoms with van der Waals surface area (Å²) < 4.78 is 2.20. The average Bonchev–Trinajstić information content (AvgIpc) is 2.89. The lowest BCUT2D eigenvalue weighted by Crippen LogP contribution is -2.24. The molecule has 4 heteroatoms. The highest BCUT2D eigenvalue weighted by Gasteiger charge is 2.10. The molecule has 0 aliphatic carbocycles. The largest absolute Gasteiger partial charge is 0.370 e. The Bertz CT molecular complexity index is 553. The van der Waals surface area contributed by atoms with Crippen LogP contribution in [0.25, 0.3) is 11.0 Å². The second-order valence-electron chi connectivity index (χ2n) is 3.99. The first kappa shape index (κ1) is 9.39. The summed E-state index contributed by atoms with van der Waals surface area (Å²) in [5.74, 6) is 2.10. The molecule has 0 saturated heterocycles. The summed E-state index contributed by atoms with van der Waals surface area (Å²) in [6.07, 6.45) is 0. The molecule has 0 atom stereocenters. The molecule has 0 fully saturated rings. The number of nitrogens with zero attached hydrogens (tertiary/aromatic N) is 3. The van der Waals surface area contributed by atoms with E-state index in [2.05, 4.69) is 25.9 Å². The van der Waals surface area contributed by atoms with E-state index in [0.29, 0.717) is 0 Å². The Morgan fingerprint density at radius 1 is 1.38 bits per heavy atom. The van der Waals surface area contributed by atoms with Crippen molar-refractivity contribution in [1.82, 2.24) is 14.9 Å². The van der Waals surface area contributed by atoms with Crippen LogP contribution in [0.1, 0.15) is 5.82 Å². The second-order valence-corrected chi connectivity index (χ2v) is 3.99. The molecule has 2 heterocycles. The molecule has 0 spiro atoms. The number of para-hydroxylation sites is 2. The maximum Gasteiger partial charge on any atom is 0.117 e. The molecular formula is C12H14N4. The van der Waals surface area contributed by atoms with Gasteiger partial charge in [0.1, 0.15) is 11.7 Å². The maximum atomic E-state index is 4.54. The van der Waals surface area contributed by atoms with Crippen molar-refractivity contribution in [2.75, 3.05) is 13.1 Å². The van der Waals surface area contributed by atoms with Gasteiger partial charge < -0.3 is 9.88 Å². The van der Waals surface area contributed by atoms with E-state index in [-0.39, 0.29) is 0 Å². The number of hydrogen-bond donors (Lipinski definition) is 1. The Balaban J connectivity index is 2.04. The molecule has 1 aromatic carbocycles. The lowest BCUT2D eigenvalue weighted by Gasteiger charge is -2.06. The number of aryl methyl sites for hydroxylation is 1. The molecule has 4 nitrogen and oxygen atoms in total. The van der Waals surface area contributed by atoms with E-state index in [1.54, 1.807) is 0 Å². The fraction of sp³-hybridized carbons (Fsp3) is 0.333. The number of nitrogens with one attached hydrogen (secondary N) is 1. The fourth-order valence-electron chi connectivity index (χ4n) is 2.10. The Morgan fingerprint density at radius 3 is 3.06 bits per heavy atom. The van der Waals surface area contributed by atoms with Crippen LogP contribution in [0.15, 0.2) is 29.3 Å². The Labute approximate surface area is 94.0 Å². The van der Waals surface area contributed by atoms with E-state index in [4.69, 9.17) is 0 Å². The van der Waals surface area contributed by atoms with Crippen molar-refractivity contribution in [3.8, 4) is 0 Å². The summed E-state index contributed by atoms with van der Waals surface area (Å²) in [5.41, 5.74) is 2.23. The third kappa shape index (κ3) is 1.46. The van der Waals surface area contributed by atoms with Crippen molar-refractivity contribution >= 4 is 16.9 Å². The first-order valence-electron chi connectivity index (χ1n) is 5.53. The summed E-state index contributed by atoms with van der Waals surface area (Å²) in [4.78, 5) is 8.95. The molecule has 1 N–H and O–H groups in total. The predicted octanol–water partition coefficient (Wildman–Crippen LogP) is 1.35. The number of aliphatic imine (C=N–C) groups is 1. The quantitative estimate of drug-likeness (QED) is 0.820. The van der Waals surface area contributed by atoms with Crippen molar-refractivity contribution in [3.05, 3.63) is 30.1 Å². The molecule has 0 saturated carbocycles. The molecule has 0 unspecified atom stereocenters. The average molecular weight is 214 g/mol. The molecule has 16 heavy (non-hydrogen) atoms. The maximum absolute atomic E-state index is 4.54. The van der Waals surface area contributed by atoms with Crippen LogP contribution in [0.5, 0.6) is 0 Å². The van der Waals surface area contributed by atoms with E-state index < -0.39 is 0 Å². The number of imidazole rings is 1. The Kier molecular flexibility index (Phi) is 2.13. The van der Waals surface area contributed by atoms with Gasteiger partial charge in [-0.2, -0.15) is 0 Å². The molecule has 1 aliphatic rings. The highest BCUT2D eigenvalue weighted by molar-refractivity contribution is 5.85. The molecule has 0 radical (unpaired) electrons. The summed E-state index contributed by atoms with van der Waals surface area (Å²) in [5, 5.41) is 3.29. The number of fused-ring (bicyclic) bond motifs is 1. The third-order valence-electron chi connectivity index (χ3n) is 2.90. The van der Waals surface area contributed by atoms with E-state index in [9.17, 15) is 0 Å². The molecule has 82 valence electrons.